The molecule has 2 N–H and O–H groups in total. The predicted octanol–water partition coefficient (Wildman–Crippen LogP) is 4.42. The Bertz CT molecular complexity index is 1070. The van der Waals surface area contributed by atoms with Gasteiger partial charge in [-0.2, -0.15) is 5.43 Å². The molecule has 3 aromatic rings. The van der Waals surface area contributed by atoms with Crippen LogP contribution < -0.4 is 10.7 Å². The van der Waals surface area contributed by atoms with Gasteiger partial charge in [-0.15, -0.1) is 0 Å². The van der Waals surface area contributed by atoms with E-state index in [4.69, 9.17) is 4.42 Å². The molecular weight excluding hydrogens is 402 g/mol. The van der Waals surface area contributed by atoms with E-state index in [1.807, 2.05) is 48.5 Å². The van der Waals surface area contributed by atoms with E-state index in [9.17, 15) is 9.59 Å². The number of likely N-dealkylation sites (tertiary alicyclic amines) is 1. The molecule has 0 aliphatic carbocycles. The van der Waals surface area contributed by atoms with Gasteiger partial charge in [-0.05, 0) is 41.3 Å². The highest BCUT2D eigenvalue weighted by atomic mass is 16.3. The number of hydrogen-bond acceptors (Lipinski definition) is 3. The molecule has 0 spiro atoms. The maximum absolute atomic E-state index is 13.4. The van der Waals surface area contributed by atoms with Crippen LogP contribution in [0, 0.1) is 5.92 Å². The highest BCUT2D eigenvalue weighted by Gasteiger charge is 2.37. The van der Waals surface area contributed by atoms with Crippen molar-refractivity contribution in [2.24, 2.45) is 5.92 Å². The van der Waals surface area contributed by atoms with Crippen LogP contribution in [0.2, 0.25) is 0 Å². The number of carbonyl (C=O) groups is 2. The third-order valence-corrected chi connectivity index (χ3v) is 6.18. The average molecular weight is 435 g/mol. The first-order valence-corrected chi connectivity index (χ1v) is 11.4. The fourth-order valence-corrected chi connectivity index (χ4v) is 4.57. The minimum atomic E-state index is -0.589. The Morgan fingerprint density at radius 1 is 1.03 bits per heavy atom. The fourth-order valence-electron chi connectivity index (χ4n) is 4.57. The highest BCUT2D eigenvalue weighted by Crippen LogP contribution is 2.22. The third-order valence-electron chi connectivity index (χ3n) is 6.18. The van der Waals surface area contributed by atoms with Crippen molar-refractivity contribution < 1.29 is 18.6 Å². The van der Waals surface area contributed by atoms with Crippen molar-refractivity contribution in [1.82, 2.24) is 10.7 Å². The first-order valence-electron chi connectivity index (χ1n) is 11.4. The number of nitrogens with zero attached hydrogens (tertiary/aromatic N) is 1. The van der Waals surface area contributed by atoms with E-state index in [2.05, 4.69) is 24.6 Å². The van der Waals surface area contributed by atoms with Gasteiger partial charge in [0.1, 0.15) is 25.7 Å². The van der Waals surface area contributed by atoms with Gasteiger partial charge >= 0.3 is 0 Å². The summed E-state index contributed by atoms with van der Waals surface area (Å²) in [6.45, 7) is 6.57. The van der Waals surface area contributed by atoms with E-state index in [-0.39, 0.29) is 17.7 Å². The molecule has 6 heteroatoms. The van der Waals surface area contributed by atoms with Crippen molar-refractivity contribution in [3.63, 3.8) is 0 Å². The van der Waals surface area contributed by atoms with Crippen molar-refractivity contribution in [1.29, 1.82) is 0 Å². The Morgan fingerprint density at radius 3 is 2.47 bits per heavy atom. The Balaban J connectivity index is 1.50. The lowest BCUT2D eigenvalue weighted by molar-refractivity contribution is -0.963. The highest BCUT2D eigenvalue weighted by molar-refractivity contribution is 6.00. The number of rotatable bonds is 8. The summed E-state index contributed by atoms with van der Waals surface area (Å²) in [5, 5.41) is 5.09. The molecule has 1 aliphatic heterocycles. The summed E-state index contributed by atoms with van der Waals surface area (Å²) in [5.74, 6) is -0.0823. The third kappa shape index (κ3) is 5.19. The van der Waals surface area contributed by atoms with Crippen molar-refractivity contribution in [2.75, 3.05) is 13.1 Å². The summed E-state index contributed by atoms with van der Waals surface area (Å²) in [6.07, 6.45) is 6.11. The van der Waals surface area contributed by atoms with Crippen molar-refractivity contribution in [3.05, 3.63) is 72.2 Å². The lowest BCUT2D eigenvalue weighted by Gasteiger charge is -2.34. The van der Waals surface area contributed by atoms with Crippen molar-refractivity contribution in [2.45, 2.75) is 45.7 Å². The molecule has 1 saturated heterocycles. The smallest absolute Gasteiger partial charge is 0.287 e. The molecule has 0 saturated carbocycles. The SMILES string of the molecule is CC(C)C[C@H](NC(=O)c1ccc2ccccc2c1)C(=O)N[N+]1(Cc2ccoc2)CCCC1. The summed E-state index contributed by atoms with van der Waals surface area (Å²) in [4.78, 5) is 26.4. The minimum Gasteiger partial charge on any atom is -0.472 e. The molecule has 168 valence electrons. The molecule has 6 nitrogen and oxygen atoms in total. The van der Waals surface area contributed by atoms with Crippen LogP contribution >= 0.6 is 0 Å². The van der Waals surface area contributed by atoms with Crippen LogP contribution in [0.5, 0.6) is 0 Å². The van der Waals surface area contributed by atoms with E-state index in [1.165, 1.54) is 0 Å². The van der Waals surface area contributed by atoms with Crippen LogP contribution in [0.15, 0.2) is 65.5 Å². The number of carbonyl (C=O) groups excluding carboxylic acids is 2. The molecule has 1 aliphatic rings. The molecule has 2 amide bonds. The Kier molecular flexibility index (Phi) is 6.61. The molecule has 1 aromatic heterocycles. The van der Waals surface area contributed by atoms with E-state index in [0.29, 0.717) is 23.1 Å². The van der Waals surface area contributed by atoms with Gasteiger partial charge in [-0.1, -0.05) is 44.2 Å². The summed E-state index contributed by atoms with van der Waals surface area (Å²) < 4.78 is 5.73. The second-order valence-electron chi connectivity index (χ2n) is 9.28. The number of benzene rings is 2. The molecule has 2 aromatic carbocycles. The molecule has 0 radical (unpaired) electrons. The second-order valence-corrected chi connectivity index (χ2v) is 9.28. The lowest BCUT2D eigenvalue weighted by atomic mass is 10.0. The van der Waals surface area contributed by atoms with Gasteiger partial charge in [-0.25, -0.2) is 4.59 Å². The van der Waals surface area contributed by atoms with E-state index < -0.39 is 6.04 Å². The van der Waals surface area contributed by atoms with Gasteiger partial charge in [0.15, 0.2) is 0 Å². The summed E-state index contributed by atoms with van der Waals surface area (Å²) in [5.41, 5.74) is 4.89. The van der Waals surface area contributed by atoms with Crippen molar-refractivity contribution >= 4 is 22.6 Å². The molecule has 1 atom stereocenters. The zero-order valence-electron chi connectivity index (χ0n) is 18.8. The van der Waals surface area contributed by atoms with E-state index in [0.717, 1.165) is 42.3 Å². The van der Waals surface area contributed by atoms with Crippen LogP contribution in [-0.4, -0.2) is 35.5 Å². The van der Waals surface area contributed by atoms with Gasteiger partial charge in [0.2, 0.25) is 0 Å². The topological polar surface area (TPSA) is 71.3 Å². The van der Waals surface area contributed by atoms with Gasteiger partial charge in [-0.3, -0.25) is 9.59 Å². The second kappa shape index (κ2) is 9.57. The number of furan rings is 1. The van der Waals surface area contributed by atoms with Gasteiger partial charge < -0.3 is 9.73 Å². The van der Waals surface area contributed by atoms with Gasteiger partial charge in [0.05, 0.1) is 12.5 Å². The maximum atomic E-state index is 13.4. The number of quaternary nitrogens is 1. The molecule has 0 bridgehead atoms. The first kappa shape index (κ1) is 22.1. The van der Waals surface area contributed by atoms with Crippen LogP contribution in [0.4, 0.5) is 0 Å². The summed E-state index contributed by atoms with van der Waals surface area (Å²) >= 11 is 0. The van der Waals surface area contributed by atoms with Crippen LogP contribution in [-0.2, 0) is 11.3 Å². The normalized spacial score (nSPS) is 16.2. The van der Waals surface area contributed by atoms with Crippen LogP contribution in [0.3, 0.4) is 0 Å². The number of amides is 2. The molecule has 1 fully saturated rings. The van der Waals surface area contributed by atoms with E-state index in [1.54, 1.807) is 12.5 Å². The van der Waals surface area contributed by atoms with E-state index >= 15 is 0 Å². The largest absolute Gasteiger partial charge is 0.472 e. The zero-order chi connectivity index (χ0) is 22.6. The predicted molar refractivity (Wildman–Crippen MR) is 124 cm³/mol. The minimum absolute atomic E-state index is 0.127. The average Bonchev–Trinajstić information content (AvgIpc) is 3.45. The summed E-state index contributed by atoms with van der Waals surface area (Å²) in [6, 6.07) is 14.9. The molecule has 0 unspecified atom stereocenters. The Morgan fingerprint density at radius 2 is 1.78 bits per heavy atom. The number of nitrogens with one attached hydrogen (secondary N) is 2. The zero-order valence-corrected chi connectivity index (χ0v) is 18.8. The number of fused-ring (bicyclic) bond motifs is 1. The number of hydrogen-bond donors (Lipinski definition) is 2. The lowest BCUT2D eigenvalue weighted by Crippen LogP contribution is -2.62. The Hall–Kier alpha value is -3.12. The molecule has 32 heavy (non-hydrogen) atoms. The molecular formula is C26H32N3O3+. The maximum Gasteiger partial charge on any atom is 0.287 e. The quantitative estimate of drug-likeness (QED) is 0.516. The van der Waals surface area contributed by atoms with Gasteiger partial charge in [0, 0.05) is 24.0 Å². The summed E-state index contributed by atoms with van der Waals surface area (Å²) in [7, 11) is 0. The molecule has 2 heterocycles. The van der Waals surface area contributed by atoms with Crippen molar-refractivity contribution in [3.8, 4) is 0 Å². The van der Waals surface area contributed by atoms with Crippen LogP contribution in [0.1, 0.15) is 49.0 Å². The standard InChI is InChI=1S/C26H31N3O3/c1-19(2)15-24(27-25(30)23-10-9-21-7-3-4-8-22(21)16-23)26(31)28-29(12-5-6-13-29)17-20-11-14-32-18-20/h3-4,7-11,14,16,18-19,24H,5-6,12-13,15,17H2,1-2H3,(H-,27,28,30,31)/p+1/t24-/m0/s1. The monoisotopic (exact) mass is 434 g/mol. The molecule has 4 rings (SSSR count). The van der Waals surface area contributed by atoms with Gasteiger partial charge in [0.25, 0.3) is 11.8 Å². The van der Waals surface area contributed by atoms with Crippen LogP contribution in [0.25, 0.3) is 10.8 Å². The fraction of sp³-hybridized carbons (Fsp3) is 0.385. The Labute approximate surface area is 189 Å². The first-order chi connectivity index (χ1) is 15.4.